The van der Waals surface area contributed by atoms with Crippen LogP contribution in [0.2, 0.25) is 0 Å². The van der Waals surface area contributed by atoms with Crippen LogP contribution in [0.4, 0.5) is 13.2 Å². The third kappa shape index (κ3) is 5.17. The van der Waals surface area contributed by atoms with Crippen molar-refractivity contribution < 1.29 is 46.5 Å². The minimum atomic E-state index is -4.89. The Morgan fingerprint density at radius 2 is 1.59 bits per heavy atom. The normalized spacial score (nSPS) is 26.2. The molecule has 1 saturated heterocycles. The van der Waals surface area contributed by atoms with E-state index in [2.05, 4.69) is 9.47 Å². The molecule has 4 unspecified atom stereocenters. The molecule has 4 atom stereocenters. The highest BCUT2D eigenvalue weighted by atomic mass is 19.4. The van der Waals surface area contributed by atoms with Crippen LogP contribution in [-0.2, 0) is 33.3 Å². The molecule has 0 saturated carbocycles. The summed E-state index contributed by atoms with van der Waals surface area (Å²) in [6.07, 6.45) is -12.2. The van der Waals surface area contributed by atoms with Gasteiger partial charge in [0.15, 0.2) is 6.10 Å². The Kier molecular flexibility index (Phi) is 5.75. The van der Waals surface area contributed by atoms with E-state index in [1.807, 2.05) is 0 Å². The maximum Gasteiger partial charge on any atom is 0.428 e. The van der Waals surface area contributed by atoms with E-state index >= 15 is 0 Å². The van der Waals surface area contributed by atoms with E-state index in [1.165, 1.54) is 0 Å². The predicted octanol–water partition coefficient (Wildman–Crippen LogP) is 1.09. The van der Waals surface area contributed by atoms with Crippen LogP contribution in [0.1, 0.15) is 27.2 Å². The zero-order valence-corrected chi connectivity index (χ0v) is 12.0. The van der Waals surface area contributed by atoms with Crippen LogP contribution in [-0.4, -0.2) is 48.7 Å². The van der Waals surface area contributed by atoms with Gasteiger partial charge in [-0.05, 0) is 0 Å². The standard InChI is InChI=1S/C12H15F3O7/c1-5(16)19-9-4-8(22-11(9)21-7(3)18)10(12(13,14)15)20-6(2)17/h8-11H,4H2,1-3H3. The van der Waals surface area contributed by atoms with Crippen molar-refractivity contribution in [3.63, 3.8) is 0 Å². The lowest BCUT2D eigenvalue weighted by atomic mass is 10.1. The van der Waals surface area contributed by atoms with Gasteiger partial charge in [-0.15, -0.1) is 0 Å². The number of rotatable bonds is 4. The Hall–Kier alpha value is -1.84. The highest BCUT2D eigenvalue weighted by Gasteiger charge is 2.54. The van der Waals surface area contributed by atoms with Gasteiger partial charge in [0.1, 0.15) is 6.10 Å². The van der Waals surface area contributed by atoms with E-state index in [4.69, 9.17) is 9.47 Å². The van der Waals surface area contributed by atoms with E-state index in [1.54, 1.807) is 0 Å². The Morgan fingerprint density at radius 1 is 1.05 bits per heavy atom. The number of alkyl halides is 3. The minimum absolute atomic E-state index is 0.436. The summed E-state index contributed by atoms with van der Waals surface area (Å²) >= 11 is 0. The second kappa shape index (κ2) is 6.95. The fourth-order valence-electron chi connectivity index (χ4n) is 1.97. The predicted molar refractivity (Wildman–Crippen MR) is 62.2 cm³/mol. The average molecular weight is 328 g/mol. The SMILES string of the molecule is CC(=O)OC1CC(C(OC(C)=O)C(F)(F)F)OC1OC(C)=O. The highest BCUT2D eigenvalue weighted by molar-refractivity contribution is 5.67. The molecule has 0 aliphatic carbocycles. The number of halogens is 3. The number of esters is 3. The van der Waals surface area contributed by atoms with Crippen LogP contribution in [0.5, 0.6) is 0 Å². The Bertz CT molecular complexity index is 424. The Morgan fingerprint density at radius 3 is 2.00 bits per heavy atom. The molecule has 1 rings (SSSR count). The Labute approximate surface area is 123 Å². The smallest absolute Gasteiger partial charge is 0.428 e. The first kappa shape index (κ1) is 18.2. The lowest BCUT2D eigenvalue weighted by molar-refractivity contribution is -0.256. The van der Waals surface area contributed by atoms with Crippen molar-refractivity contribution in [3.8, 4) is 0 Å². The van der Waals surface area contributed by atoms with Crippen molar-refractivity contribution >= 4 is 17.9 Å². The van der Waals surface area contributed by atoms with Crippen LogP contribution in [0.3, 0.4) is 0 Å². The molecule has 0 aromatic heterocycles. The van der Waals surface area contributed by atoms with Gasteiger partial charge in [0, 0.05) is 27.2 Å². The first-order valence-electron chi connectivity index (χ1n) is 6.24. The number of ether oxygens (including phenoxy) is 4. The summed E-state index contributed by atoms with van der Waals surface area (Å²) in [7, 11) is 0. The highest BCUT2D eigenvalue weighted by Crippen LogP contribution is 2.35. The zero-order valence-electron chi connectivity index (χ0n) is 12.0. The first-order valence-corrected chi connectivity index (χ1v) is 6.24. The third-order valence-electron chi connectivity index (χ3n) is 2.63. The number of hydrogen-bond donors (Lipinski definition) is 0. The van der Waals surface area contributed by atoms with Gasteiger partial charge in [-0.1, -0.05) is 0 Å². The fraction of sp³-hybridized carbons (Fsp3) is 0.750. The summed E-state index contributed by atoms with van der Waals surface area (Å²) in [4.78, 5) is 32.7. The summed E-state index contributed by atoms with van der Waals surface area (Å²) < 4.78 is 57.5. The van der Waals surface area contributed by atoms with E-state index in [-0.39, 0.29) is 0 Å². The molecule has 0 radical (unpaired) electrons. The Balaban J connectivity index is 2.91. The van der Waals surface area contributed by atoms with E-state index in [9.17, 15) is 27.6 Å². The quantitative estimate of drug-likeness (QED) is 0.564. The summed E-state index contributed by atoms with van der Waals surface area (Å²) in [5.41, 5.74) is 0. The number of hydrogen-bond acceptors (Lipinski definition) is 7. The van der Waals surface area contributed by atoms with Gasteiger partial charge in [0.25, 0.3) is 0 Å². The largest absolute Gasteiger partial charge is 0.456 e. The summed E-state index contributed by atoms with van der Waals surface area (Å²) in [5.74, 6) is -2.74. The molecular weight excluding hydrogens is 313 g/mol. The van der Waals surface area contributed by atoms with Gasteiger partial charge >= 0.3 is 24.1 Å². The molecule has 0 bridgehead atoms. The molecule has 0 N–H and O–H groups in total. The first-order chi connectivity index (χ1) is 10.0. The molecule has 7 nitrogen and oxygen atoms in total. The lowest BCUT2D eigenvalue weighted by Crippen LogP contribution is -2.43. The fourth-order valence-corrected chi connectivity index (χ4v) is 1.97. The molecular formula is C12H15F3O7. The van der Waals surface area contributed by atoms with Crippen LogP contribution < -0.4 is 0 Å². The van der Waals surface area contributed by atoms with Gasteiger partial charge in [-0.3, -0.25) is 14.4 Å². The third-order valence-corrected chi connectivity index (χ3v) is 2.63. The van der Waals surface area contributed by atoms with Gasteiger partial charge < -0.3 is 18.9 Å². The molecule has 0 aromatic carbocycles. The average Bonchev–Trinajstić information content (AvgIpc) is 2.65. The van der Waals surface area contributed by atoms with Crippen molar-refractivity contribution in [1.29, 1.82) is 0 Å². The summed E-state index contributed by atoms with van der Waals surface area (Å²) in [6, 6.07) is 0. The van der Waals surface area contributed by atoms with Crippen molar-refractivity contribution in [3.05, 3.63) is 0 Å². The van der Waals surface area contributed by atoms with Crippen molar-refractivity contribution in [2.75, 3.05) is 0 Å². The van der Waals surface area contributed by atoms with E-state index in [0.717, 1.165) is 20.8 Å². The van der Waals surface area contributed by atoms with Crippen molar-refractivity contribution in [2.24, 2.45) is 0 Å². The van der Waals surface area contributed by atoms with Gasteiger partial charge in [-0.25, -0.2) is 0 Å². The van der Waals surface area contributed by atoms with Gasteiger partial charge in [0.05, 0.1) is 0 Å². The maximum absolute atomic E-state index is 12.9. The molecule has 0 aromatic rings. The second-order valence-corrected chi connectivity index (χ2v) is 4.61. The topological polar surface area (TPSA) is 88.1 Å². The van der Waals surface area contributed by atoms with Crippen LogP contribution in [0, 0.1) is 0 Å². The number of carbonyl (C=O) groups is 3. The molecule has 1 aliphatic rings. The maximum atomic E-state index is 12.9. The lowest BCUT2D eigenvalue weighted by Gasteiger charge is -2.24. The van der Waals surface area contributed by atoms with Gasteiger partial charge in [0.2, 0.25) is 12.4 Å². The van der Waals surface area contributed by atoms with Crippen molar-refractivity contribution in [2.45, 2.75) is 58.0 Å². The monoisotopic (exact) mass is 328 g/mol. The second-order valence-electron chi connectivity index (χ2n) is 4.61. The summed E-state index contributed by atoms with van der Waals surface area (Å²) in [6.45, 7) is 2.89. The zero-order chi connectivity index (χ0) is 17.1. The number of carbonyl (C=O) groups excluding carboxylic acids is 3. The van der Waals surface area contributed by atoms with E-state index in [0.29, 0.717) is 0 Å². The summed E-state index contributed by atoms with van der Waals surface area (Å²) in [5, 5.41) is 0. The molecule has 0 amide bonds. The van der Waals surface area contributed by atoms with Crippen LogP contribution in [0.25, 0.3) is 0 Å². The molecule has 1 aliphatic heterocycles. The van der Waals surface area contributed by atoms with Crippen molar-refractivity contribution in [1.82, 2.24) is 0 Å². The molecule has 10 heteroatoms. The van der Waals surface area contributed by atoms with Gasteiger partial charge in [-0.2, -0.15) is 13.2 Å². The van der Waals surface area contributed by atoms with E-state index < -0.39 is 55.1 Å². The molecule has 22 heavy (non-hydrogen) atoms. The van der Waals surface area contributed by atoms with Crippen LogP contribution in [0.15, 0.2) is 0 Å². The molecule has 0 spiro atoms. The molecule has 1 heterocycles. The molecule has 1 fully saturated rings. The van der Waals surface area contributed by atoms with Crippen LogP contribution >= 0.6 is 0 Å². The molecule has 126 valence electrons. The minimum Gasteiger partial charge on any atom is -0.456 e.